The van der Waals surface area contributed by atoms with E-state index in [2.05, 4.69) is 10.3 Å². The molecule has 0 radical (unpaired) electrons. The predicted octanol–water partition coefficient (Wildman–Crippen LogP) is 1.04. The molecule has 0 saturated carbocycles. The zero-order valence-electron chi connectivity index (χ0n) is 8.85. The van der Waals surface area contributed by atoms with Crippen LogP contribution in [-0.2, 0) is 0 Å². The number of anilines is 1. The Balaban J connectivity index is 2.36. The lowest BCUT2D eigenvalue weighted by molar-refractivity contribution is -0.386. The van der Waals surface area contributed by atoms with Gasteiger partial charge in [-0.1, -0.05) is 0 Å². The van der Waals surface area contributed by atoms with E-state index in [0.717, 1.165) is 31.5 Å². The van der Waals surface area contributed by atoms with Gasteiger partial charge in [0.15, 0.2) is 0 Å². The number of nitrogens with two attached hydrogens (primary N) is 1. The molecule has 1 aromatic heterocycles. The lowest BCUT2D eigenvalue weighted by atomic mass is 9.90. The van der Waals surface area contributed by atoms with Gasteiger partial charge in [-0.3, -0.25) is 10.1 Å². The molecule has 0 aromatic carbocycles. The number of piperidine rings is 1. The number of pyridine rings is 1. The first-order valence-electron chi connectivity index (χ1n) is 5.29. The van der Waals surface area contributed by atoms with Gasteiger partial charge in [-0.25, -0.2) is 4.98 Å². The Hall–Kier alpha value is -1.69. The highest BCUT2D eigenvalue weighted by Crippen LogP contribution is 2.32. The van der Waals surface area contributed by atoms with Crippen LogP contribution in [0.2, 0.25) is 0 Å². The highest BCUT2D eigenvalue weighted by molar-refractivity contribution is 5.47. The Labute approximate surface area is 93.0 Å². The third-order valence-corrected chi connectivity index (χ3v) is 2.91. The van der Waals surface area contributed by atoms with Gasteiger partial charge in [-0.05, 0) is 37.9 Å². The van der Waals surface area contributed by atoms with E-state index in [1.165, 1.54) is 6.20 Å². The van der Waals surface area contributed by atoms with Crippen molar-refractivity contribution in [3.05, 3.63) is 27.9 Å². The maximum absolute atomic E-state index is 10.9. The van der Waals surface area contributed by atoms with Gasteiger partial charge in [0.2, 0.25) is 0 Å². The van der Waals surface area contributed by atoms with E-state index in [9.17, 15) is 10.1 Å². The molecule has 2 rings (SSSR count). The van der Waals surface area contributed by atoms with Gasteiger partial charge in [-0.2, -0.15) is 0 Å². The molecular formula is C10H14N4O2. The van der Waals surface area contributed by atoms with Crippen LogP contribution < -0.4 is 11.1 Å². The summed E-state index contributed by atoms with van der Waals surface area (Å²) in [5, 5.41) is 14.1. The van der Waals surface area contributed by atoms with Crippen molar-refractivity contribution in [3.8, 4) is 0 Å². The molecule has 3 N–H and O–H groups in total. The van der Waals surface area contributed by atoms with Crippen molar-refractivity contribution in [3.63, 3.8) is 0 Å². The predicted molar refractivity (Wildman–Crippen MR) is 60.1 cm³/mol. The van der Waals surface area contributed by atoms with Gasteiger partial charge in [0, 0.05) is 5.56 Å². The Morgan fingerprint density at radius 1 is 1.50 bits per heavy atom. The van der Waals surface area contributed by atoms with E-state index in [-0.39, 0.29) is 16.5 Å². The molecule has 1 saturated heterocycles. The molecule has 16 heavy (non-hydrogen) atoms. The Kier molecular flexibility index (Phi) is 3.00. The molecule has 86 valence electrons. The minimum atomic E-state index is -0.385. The van der Waals surface area contributed by atoms with E-state index >= 15 is 0 Å². The fourth-order valence-corrected chi connectivity index (χ4v) is 2.09. The average molecular weight is 222 g/mol. The van der Waals surface area contributed by atoms with Crippen molar-refractivity contribution in [2.24, 2.45) is 0 Å². The number of hydrogen-bond acceptors (Lipinski definition) is 5. The zero-order chi connectivity index (χ0) is 11.5. The highest BCUT2D eigenvalue weighted by atomic mass is 16.6. The van der Waals surface area contributed by atoms with E-state index in [1.807, 2.05) is 0 Å². The number of hydrogen-bond donors (Lipinski definition) is 2. The summed E-state index contributed by atoms with van der Waals surface area (Å²) in [5.74, 6) is 0.561. The first-order chi connectivity index (χ1) is 7.68. The number of nitrogens with one attached hydrogen (secondary N) is 1. The van der Waals surface area contributed by atoms with Crippen LogP contribution in [0.1, 0.15) is 24.3 Å². The summed E-state index contributed by atoms with van der Waals surface area (Å²) >= 11 is 0. The minimum absolute atomic E-state index is 0.0844. The molecule has 0 amide bonds. The monoisotopic (exact) mass is 222 g/mol. The van der Waals surface area contributed by atoms with Crippen LogP contribution in [0.25, 0.3) is 0 Å². The summed E-state index contributed by atoms with van der Waals surface area (Å²) < 4.78 is 0. The maximum atomic E-state index is 10.9. The first-order valence-corrected chi connectivity index (χ1v) is 5.29. The topological polar surface area (TPSA) is 94.1 Å². The van der Waals surface area contributed by atoms with E-state index in [1.54, 1.807) is 6.07 Å². The van der Waals surface area contributed by atoms with Gasteiger partial charge in [-0.15, -0.1) is 0 Å². The van der Waals surface area contributed by atoms with Gasteiger partial charge in [0.25, 0.3) is 5.69 Å². The normalized spacial score (nSPS) is 17.2. The van der Waals surface area contributed by atoms with Crippen molar-refractivity contribution in [2.45, 2.75) is 18.8 Å². The van der Waals surface area contributed by atoms with Gasteiger partial charge in [0.1, 0.15) is 12.0 Å². The van der Waals surface area contributed by atoms with Crippen LogP contribution in [-0.4, -0.2) is 23.0 Å². The van der Waals surface area contributed by atoms with Crippen LogP contribution in [0.4, 0.5) is 11.5 Å². The summed E-state index contributed by atoms with van der Waals surface area (Å²) in [6.45, 7) is 1.79. The van der Waals surface area contributed by atoms with Crippen LogP contribution in [0, 0.1) is 10.1 Å². The molecule has 1 aromatic rings. The van der Waals surface area contributed by atoms with Crippen molar-refractivity contribution < 1.29 is 4.92 Å². The fourth-order valence-electron chi connectivity index (χ4n) is 2.09. The largest absolute Gasteiger partial charge is 0.384 e. The molecule has 1 aliphatic rings. The minimum Gasteiger partial charge on any atom is -0.384 e. The number of nitrogens with zero attached hydrogens (tertiary/aromatic N) is 2. The fraction of sp³-hybridized carbons (Fsp3) is 0.500. The Bertz CT molecular complexity index is 402. The van der Waals surface area contributed by atoms with E-state index < -0.39 is 0 Å². The number of nitrogen functional groups attached to an aromatic ring is 1. The van der Waals surface area contributed by atoms with Crippen LogP contribution in [0.5, 0.6) is 0 Å². The molecular weight excluding hydrogens is 208 g/mol. The van der Waals surface area contributed by atoms with Crippen molar-refractivity contribution in [2.75, 3.05) is 18.8 Å². The van der Waals surface area contributed by atoms with Gasteiger partial charge in [0.05, 0.1) is 4.92 Å². The van der Waals surface area contributed by atoms with Crippen LogP contribution in [0.15, 0.2) is 12.3 Å². The summed E-state index contributed by atoms with van der Waals surface area (Å²) in [6.07, 6.45) is 3.07. The molecule has 1 aliphatic heterocycles. The lowest BCUT2D eigenvalue weighted by Gasteiger charge is -2.22. The number of aromatic nitrogens is 1. The molecule has 2 heterocycles. The molecule has 0 spiro atoms. The number of rotatable bonds is 2. The second-order valence-electron chi connectivity index (χ2n) is 3.95. The number of nitro groups is 1. The van der Waals surface area contributed by atoms with Gasteiger partial charge < -0.3 is 11.1 Å². The molecule has 0 unspecified atom stereocenters. The van der Waals surface area contributed by atoms with Crippen LogP contribution in [0.3, 0.4) is 0 Å². The molecule has 6 nitrogen and oxygen atoms in total. The van der Waals surface area contributed by atoms with Crippen molar-refractivity contribution in [1.29, 1.82) is 0 Å². The second-order valence-corrected chi connectivity index (χ2v) is 3.95. The standard InChI is InChI=1S/C10H14N4O2/c11-10-5-8(7-1-3-12-4-2-7)9(6-13-10)14(15)16/h5-7,12H,1-4H2,(H2,11,13). The van der Waals surface area contributed by atoms with E-state index in [0.29, 0.717) is 5.82 Å². The first kappa shape index (κ1) is 10.8. The molecule has 0 aliphatic carbocycles. The zero-order valence-corrected chi connectivity index (χ0v) is 8.85. The molecule has 1 fully saturated rings. The Morgan fingerprint density at radius 3 is 2.81 bits per heavy atom. The molecule has 6 heteroatoms. The van der Waals surface area contributed by atoms with Crippen molar-refractivity contribution >= 4 is 11.5 Å². The average Bonchev–Trinajstić information content (AvgIpc) is 2.29. The summed E-state index contributed by atoms with van der Waals surface area (Å²) in [6, 6.07) is 1.63. The second kappa shape index (κ2) is 4.44. The third kappa shape index (κ3) is 2.11. The van der Waals surface area contributed by atoms with E-state index in [4.69, 9.17) is 5.73 Å². The third-order valence-electron chi connectivity index (χ3n) is 2.91. The summed E-state index contributed by atoms with van der Waals surface area (Å²) in [7, 11) is 0. The van der Waals surface area contributed by atoms with Crippen molar-refractivity contribution in [1.82, 2.24) is 10.3 Å². The maximum Gasteiger partial charge on any atom is 0.291 e. The molecule has 0 bridgehead atoms. The SMILES string of the molecule is Nc1cc(C2CCNCC2)c([N+](=O)[O-])cn1. The lowest BCUT2D eigenvalue weighted by Crippen LogP contribution is -2.27. The summed E-state index contributed by atoms with van der Waals surface area (Å²) in [5.41, 5.74) is 6.39. The smallest absolute Gasteiger partial charge is 0.291 e. The Morgan fingerprint density at radius 2 is 2.19 bits per heavy atom. The summed E-state index contributed by atoms with van der Waals surface area (Å²) in [4.78, 5) is 14.3. The van der Waals surface area contributed by atoms with Gasteiger partial charge >= 0.3 is 0 Å². The highest BCUT2D eigenvalue weighted by Gasteiger charge is 2.24. The molecule has 0 atom stereocenters. The quantitative estimate of drug-likeness (QED) is 0.576. The van der Waals surface area contributed by atoms with Crippen LogP contribution >= 0.6 is 0 Å².